The molecule has 0 amide bonds. The van der Waals surface area contributed by atoms with E-state index in [-0.39, 0.29) is 5.78 Å². The van der Waals surface area contributed by atoms with E-state index in [2.05, 4.69) is 13.8 Å². The van der Waals surface area contributed by atoms with Gasteiger partial charge >= 0.3 is 0 Å². The molecule has 0 N–H and O–H groups in total. The Kier molecular flexibility index (Phi) is 18.5. The van der Waals surface area contributed by atoms with Gasteiger partial charge in [-0.1, -0.05) is 122 Å². The van der Waals surface area contributed by atoms with Crippen LogP contribution in [0.15, 0.2) is 59.5 Å². The summed E-state index contributed by atoms with van der Waals surface area (Å²) >= 11 is 1.83. The molecule has 0 saturated carbocycles. The maximum Gasteiger partial charge on any atom is 0.185 e. The fraction of sp³-hybridized carbons (Fsp3) is 0.571. The molecule has 0 radical (unpaired) electrons. The summed E-state index contributed by atoms with van der Waals surface area (Å²) in [5.41, 5.74) is 1.73. The standard InChI is InChI=1S/C35H52O2S/c1-3-5-6-7-8-9-10-11-12-13-14-15-16-17-18-29-37-33-24-19-31(20-25-33)21-28-35(36)32-22-26-34(27-23-32)38-30-4-2/h19-28H,3-18,29-30H2,1-2H3. The number of carbonyl (C=O) groups excluding carboxylic acids is 1. The lowest BCUT2D eigenvalue weighted by Crippen LogP contribution is -1.97. The van der Waals surface area contributed by atoms with Crippen molar-refractivity contribution in [2.45, 2.75) is 121 Å². The van der Waals surface area contributed by atoms with Crippen LogP contribution in [0.25, 0.3) is 6.08 Å². The Balaban J connectivity index is 1.48. The summed E-state index contributed by atoms with van der Waals surface area (Å²) in [6.45, 7) is 5.24. The normalized spacial score (nSPS) is 11.3. The Hall–Kier alpha value is -2.00. The Labute approximate surface area is 238 Å². The highest BCUT2D eigenvalue weighted by Gasteiger charge is 2.02. The van der Waals surface area contributed by atoms with Gasteiger partial charge in [0.15, 0.2) is 5.78 Å². The van der Waals surface area contributed by atoms with Crippen molar-refractivity contribution in [1.29, 1.82) is 0 Å². The van der Waals surface area contributed by atoms with Crippen LogP contribution in [-0.4, -0.2) is 18.1 Å². The van der Waals surface area contributed by atoms with Gasteiger partial charge in [0.05, 0.1) is 6.61 Å². The summed E-state index contributed by atoms with van der Waals surface area (Å²) in [4.78, 5) is 13.7. The van der Waals surface area contributed by atoms with Crippen molar-refractivity contribution in [1.82, 2.24) is 0 Å². The van der Waals surface area contributed by atoms with Gasteiger partial charge in [0.25, 0.3) is 0 Å². The number of benzene rings is 2. The average molecular weight is 537 g/mol. The van der Waals surface area contributed by atoms with Crippen molar-refractivity contribution in [2.75, 3.05) is 12.4 Å². The van der Waals surface area contributed by atoms with Crippen LogP contribution in [0.3, 0.4) is 0 Å². The summed E-state index contributed by atoms with van der Waals surface area (Å²) in [6, 6.07) is 15.9. The van der Waals surface area contributed by atoms with Crippen molar-refractivity contribution in [2.24, 2.45) is 0 Å². The number of allylic oxidation sites excluding steroid dienone is 1. The van der Waals surface area contributed by atoms with Crippen LogP contribution in [0, 0.1) is 0 Å². The van der Waals surface area contributed by atoms with Gasteiger partial charge in [-0.3, -0.25) is 4.79 Å². The van der Waals surface area contributed by atoms with E-state index in [0.717, 1.165) is 42.1 Å². The summed E-state index contributed by atoms with van der Waals surface area (Å²) in [5, 5.41) is 0. The minimum Gasteiger partial charge on any atom is -0.494 e. The van der Waals surface area contributed by atoms with Gasteiger partial charge in [0.2, 0.25) is 0 Å². The Morgan fingerprint density at radius 2 is 1.18 bits per heavy atom. The second kappa shape index (κ2) is 21.9. The van der Waals surface area contributed by atoms with E-state index in [1.807, 2.05) is 66.4 Å². The van der Waals surface area contributed by atoms with E-state index in [1.165, 1.54) is 94.8 Å². The van der Waals surface area contributed by atoms with Crippen molar-refractivity contribution >= 4 is 23.6 Å². The SMILES string of the molecule is CCCCCCCCCCCCCCCCCOc1ccc(C=CC(=O)c2ccc(SCCC)cc2)cc1. The molecule has 0 bridgehead atoms. The van der Waals surface area contributed by atoms with Gasteiger partial charge < -0.3 is 4.74 Å². The zero-order chi connectivity index (χ0) is 27.1. The van der Waals surface area contributed by atoms with Crippen LogP contribution >= 0.6 is 11.8 Å². The fourth-order valence-corrected chi connectivity index (χ4v) is 5.31. The molecule has 0 saturated heterocycles. The van der Waals surface area contributed by atoms with Crippen LogP contribution in [0.1, 0.15) is 133 Å². The molecule has 0 aromatic heterocycles. The van der Waals surface area contributed by atoms with E-state index in [1.54, 1.807) is 6.08 Å². The quantitative estimate of drug-likeness (QED) is 0.0611. The monoisotopic (exact) mass is 536 g/mol. The molecule has 2 nitrogen and oxygen atoms in total. The van der Waals surface area contributed by atoms with Crippen molar-refractivity contribution < 1.29 is 9.53 Å². The van der Waals surface area contributed by atoms with E-state index in [0.29, 0.717) is 0 Å². The first-order valence-electron chi connectivity index (χ1n) is 15.4. The predicted octanol–water partition coefficient (Wildman–Crippen LogP) is 11.3. The molecule has 210 valence electrons. The van der Waals surface area contributed by atoms with Crippen LogP contribution in [0.2, 0.25) is 0 Å². The summed E-state index contributed by atoms with van der Waals surface area (Å²) in [5.74, 6) is 2.04. The number of ether oxygens (including phenoxy) is 1. The van der Waals surface area contributed by atoms with Crippen LogP contribution < -0.4 is 4.74 Å². The zero-order valence-corrected chi connectivity index (χ0v) is 25.0. The Morgan fingerprint density at radius 3 is 1.71 bits per heavy atom. The van der Waals surface area contributed by atoms with Gasteiger partial charge in [-0.15, -0.1) is 11.8 Å². The van der Waals surface area contributed by atoms with Crippen LogP contribution in [0.5, 0.6) is 5.75 Å². The lowest BCUT2D eigenvalue weighted by Gasteiger charge is -2.07. The smallest absolute Gasteiger partial charge is 0.185 e. The molecule has 0 fully saturated rings. The number of hydrogen-bond donors (Lipinski definition) is 0. The third-order valence-corrected chi connectivity index (χ3v) is 8.15. The summed E-state index contributed by atoms with van der Waals surface area (Å²) < 4.78 is 5.92. The Bertz CT molecular complexity index is 870. The minimum absolute atomic E-state index is 0.0329. The maximum atomic E-state index is 12.5. The molecule has 0 aliphatic carbocycles. The number of hydrogen-bond acceptors (Lipinski definition) is 3. The molecule has 38 heavy (non-hydrogen) atoms. The average Bonchev–Trinajstić information content (AvgIpc) is 2.95. The van der Waals surface area contributed by atoms with E-state index < -0.39 is 0 Å². The molecule has 0 heterocycles. The lowest BCUT2D eigenvalue weighted by atomic mass is 10.0. The molecule has 0 aliphatic heterocycles. The highest BCUT2D eigenvalue weighted by atomic mass is 32.2. The lowest BCUT2D eigenvalue weighted by molar-refractivity contribution is 0.104. The largest absolute Gasteiger partial charge is 0.494 e. The van der Waals surface area contributed by atoms with E-state index in [9.17, 15) is 4.79 Å². The maximum absolute atomic E-state index is 12.5. The topological polar surface area (TPSA) is 26.3 Å². The van der Waals surface area contributed by atoms with Crippen LogP contribution in [0.4, 0.5) is 0 Å². The molecule has 0 unspecified atom stereocenters. The van der Waals surface area contributed by atoms with Gasteiger partial charge in [-0.2, -0.15) is 0 Å². The molecule has 2 aromatic carbocycles. The minimum atomic E-state index is 0.0329. The number of rotatable bonds is 23. The molecule has 3 heteroatoms. The van der Waals surface area contributed by atoms with Gasteiger partial charge in [-0.05, 0) is 66.6 Å². The van der Waals surface area contributed by atoms with E-state index >= 15 is 0 Å². The first-order valence-corrected chi connectivity index (χ1v) is 16.4. The second-order valence-electron chi connectivity index (χ2n) is 10.4. The van der Waals surface area contributed by atoms with E-state index in [4.69, 9.17) is 4.74 Å². The van der Waals surface area contributed by atoms with Gasteiger partial charge in [0, 0.05) is 10.5 Å². The highest BCUT2D eigenvalue weighted by molar-refractivity contribution is 7.99. The number of thioether (sulfide) groups is 1. The molecular weight excluding hydrogens is 484 g/mol. The molecule has 0 atom stereocenters. The third kappa shape index (κ3) is 15.4. The zero-order valence-electron chi connectivity index (χ0n) is 24.2. The molecule has 2 rings (SSSR count). The fourth-order valence-electron chi connectivity index (χ4n) is 4.54. The third-order valence-electron chi connectivity index (χ3n) is 6.94. The van der Waals surface area contributed by atoms with Crippen LogP contribution in [-0.2, 0) is 0 Å². The number of carbonyl (C=O) groups is 1. The van der Waals surface area contributed by atoms with Gasteiger partial charge in [-0.25, -0.2) is 0 Å². The molecule has 2 aromatic rings. The highest BCUT2D eigenvalue weighted by Crippen LogP contribution is 2.20. The number of unbranched alkanes of at least 4 members (excludes halogenated alkanes) is 14. The van der Waals surface area contributed by atoms with Crippen molar-refractivity contribution in [3.05, 3.63) is 65.7 Å². The Morgan fingerprint density at radius 1 is 0.658 bits per heavy atom. The summed E-state index contributed by atoms with van der Waals surface area (Å²) in [7, 11) is 0. The second-order valence-corrected chi connectivity index (χ2v) is 11.6. The number of ketones is 1. The molecular formula is C35H52O2S. The first kappa shape index (κ1) is 32.2. The molecule has 0 spiro atoms. The molecule has 0 aliphatic rings. The first-order chi connectivity index (χ1) is 18.7. The van der Waals surface area contributed by atoms with Crippen molar-refractivity contribution in [3.63, 3.8) is 0 Å². The van der Waals surface area contributed by atoms with Crippen molar-refractivity contribution in [3.8, 4) is 5.75 Å². The van der Waals surface area contributed by atoms with Gasteiger partial charge in [0.1, 0.15) is 5.75 Å². The summed E-state index contributed by atoms with van der Waals surface area (Å²) in [6.07, 6.45) is 25.3. The predicted molar refractivity (Wildman–Crippen MR) is 168 cm³/mol.